The van der Waals surface area contributed by atoms with Crippen molar-refractivity contribution >= 4 is 23.3 Å². The van der Waals surface area contributed by atoms with Crippen molar-refractivity contribution in [3.8, 4) is 0 Å². The number of anilines is 1. The molecule has 0 aliphatic carbocycles. The maximum absolute atomic E-state index is 12.9. The zero-order chi connectivity index (χ0) is 16.4. The standard InChI is InChI=1S/C17H19ClN4O/c1-3-4-8-22-16(12-7-5-6-11(2)9-12)21-15-13(17(22)23)14(18)19-10-20-15/h5-7,9-10,16H,3-4,8H2,1-2H3,(H,19,20,21). The third-order valence-electron chi connectivity index (χ3n) is 3.97. The number of rotatable bonds is 4. The average Bonchev–Trinajstić information content (AvgIpc) is 2.53. The first-order valence-electron chi connectivity index (χ1n) is 7.76. The number of amides is 1. The molecule has 0 saturated carbocycles. The number of hydrogen-bond donors (Lipinski definition) is 1. The Bertz CT molecular complexity index is 734. The van der Waals surface area contributed by atoms with Crippen molar-refractivity contribution in [2.45, 2.75) is 32.9 Å². The van der Waals surface area contributed by atoms with Gasteiger partial charge in [0.25, 0.3) is 5.91 Å². The Labute approximate surface area is 140 Å². The second kappa shape index (κ2) is 6.54. The van der Waals surface area contributed by atoms with Crippen LogP contribution in [-0.2, 0) is 0 Å². The number of aryl methyl sites for hydroxylation is 1. The van der Waals surface area contributed by atoms with Crippen LogP contribution in [-0.4, -0.2) is 27.3 Å². The predicted molar refractivity (Wildman–Crippen MR) is 90.5 cm³/mol. The van der Waals surface area contributed by atoms with Gasteiger partial charge in [-0.3, -0.25) is 4.79 Å². The van der Waals surface area contributed by atoms with E-state index in [-0.39, 0.29) is 17.2 Å². The van der Waals surface area contributed by atoms with Crippen LogP contribution in [0.5, 0.6) is 0 Å². The highest BCUT2D eigenvalue weighted by Gasteiger charge is 2.35. The molecule has 1 aliphatic heterocycles. The molecule has 6 heteroatoms. The minimum atomic E-state index is -0.243. The van der Waals surface area contributed by atoms with Crippen LogP contribution in [0.4, 0.5) is 5.82 Å². The van der Waals surface area contributed by atoms with Crippen molar-refractivity contribution in [2.75, 3.05) is 11.9 Å². The van der Waals surface area contributed by atoms with Crippen LogP contribution in [0.15, 0.2) is 30.6 Å². The Balaban J connectivity index is 2.05. The van der Waals surface area contributed by atoms with E-state index in [1.807, 2.05) is 30.0 Å². The van der Waals surface area contributed by atoms with Crippen LogP contribution in [0.1, 0.15) is 47.4 Å². The summed E-state index contributed by atoms with van der Waals surface area (Å²) in [6.07, 6.45) is 3.07. The fraction of sp³-hybridized carbons (Fsp3) is 0.353. The summed E-state index contributed by atoms with van der Waals surface area (Å²) in [7, 11) is 0. The van der Waals surface area contributed by atoms with E-state index in [0.29, 0.717) is 17.9 Å². The molecule has 1 aromatic carbocycles. The SMILES string of the molecule is CCCCN1C(=O)c2c(Cl)ncnc2NC1c1cccc(C)c1. The van der Waals surface area contributed by atoms with E-state index in [1.54, 1.807) is 0 Å². The van der Waals surface area contributed by atoms with Gasteiger partial charge >= 0.3 is 0 Å². The molecule has 0 fully saturated rings. The van der Waals surface area contributed by atoms with Crippen molar-refractivity contribution in [3.05, 3.63) is 52.4 Å². The van der Waals surface area contributed by atoms with Gasteiger partial charge in [0.15, 0.2) is 0 Å². The quantitative estimate of drug-likeness (QED) is 0.866. The van der Waals surface area contributed by atoms with Crippen LogP contribution in [0.25, 0.3) is 0 Å². The zero-order valence-corrected chi connectivity index (χ0v) is 14.0. The first-order valence-corrected chi connectivity index (χ1v) is 8.14. The lowest BCUT2D eigenvalue weighted by Crippen LogP contribution is -2.44. The monoisotopic (exact) mass is 330 g/mol. The van der Waals surface area contributed by atoms with Crippen LogP contribution in [0.2, 0.25) is 5.15 Å². The second-order valence-electron chi connectivity index (χ2n) is 5.70. The molecule has 0 spiro atoms. The van der Waals surface area contributed by atoms with E-state index >= 15 is 0 Å². The fourth-order valence-electron chi connectivity index (χ4n) is 2.79. The highest BCUT2D eigenvalue weighted by Crippen LogP contribution is 2.34. The Hall–Kier alpha value is -2.14. The summed E-state index contributed by atoms with van der Waals surface area (Å²) >= 11 is 6.12. The molecule has 1 N–H and O–H groups in total. The number of nitrogens with one attached hydrogen (secondary N) is 1. The maximum atomic E-state index is 12.9. The van der Waals surface area contributed by atoms with Crippen molar-refractivity contribution in [3.63, 3.8) is 0 Å². The van der Waals surface area contributed by atoms with E-state index < -0.39 is 0 Å². The van der Waals surface area contributed by atoms with Crippen LogP contribution < -0.4 is 5.32 Å². The van der Waals surface area contributed by atoms with Gasteiger partial charge in [-0.15, -0.1) is 0 Å². The largest absolute Gasteiger partial charge is 0.345 e. The van der Waals surface area contributed by atoms with Gasteiger partial charge in [-0.1, -0.05) is 54.8 Å². The van der Waals surface area contributed by atoms with E-state index in [2.05, 4.69) is 28.3 Å². The van der Waals surface area contributed by atoms with Crippen molar-refractivity contribution in [2.24, 2.45) is 0 Å². The molecule has 1 unspecified atom stereocenters. The molecule has 0 saturated heterocycles. The molecule has 5 nitrogen and oxygen atoms in total. The number of nitrogens with zero attached hydrogens (tertiary/aromatic N) is 3. The van der Waals surface area contributed by atoms with Gasteiger partial charge in [0, 0.05) is 6.54 Å². The van der Waals surface area contributed by atoms with Gasteiger partial charge in [-0.25, -0.2) is 9.97 Å². The van der Waals surface area contributed by atoms with Gasteiger partial charge in [0.05, 0.1) is 0 Å². The zero-order valence-electron chi connectivity index (χ0n) is 13.2. The smallest absolute Gasteiger partial charge is 0.262 e. The molecule has 1 atom stereocenters. The molecule has 0 bridgehead atoms. The third-order valence-corrected chi connectivity index (χ3v) is 4.26. The fourth-order valence-corrected chi connectivity index (χ4v) is 3.01. The van der Waals surface area contributed by atoms with Crippen LogP contribution in [0, 0.1) is 6.92 Å². The summed E-state index contributed by atoms with van der Waals surface area (Å²) in [6, 6.07) is 8.14. The molecule has 1 amide bonds. The van der Waals surface area contributed by atoms with E-state index in [0.717, 1.165) is 24.0 Å². The number of carbonyl (C=O) groups excluding carboxylic acids is 1. The first kappa shape index (κ1) is 15.7. The Morgan fingerprint density at radius 2 is 2.17 bits per heavy atom. The predicted octanol–water partition coefficient (Wildman–Crippen LogP) is 3.81. The molecular weight excluding hydrogens is 312 g/mol. The lowest BCUT2D eigenvalue weighted by Gasteiger charge is -2.37. The molecular formula is C17H19ClN4O. The second-order valence-corrected chi connectivity index (χ2v) is 6.06. The summed E-state index contributed by atoms with van der Waals surface area (Å²) in [6.45, 7) is 4.80. The number of aromatic nitrogens is 2. The van der Waals surface area contributed by atoms with Gasteiger partial charge in [-0.2, -0.15) is 0 Å². The van der Waals surface area contributed by atoms with Crippen molar-refractivity contribution < 1.29 is 4.79 Å². The number of carbonyl (C=O) groups is 1. The summed E-state index contributed by atoms with van der Waals surface area (Å²) in [5.74, 6) is 0.374. The van der Waals surface area contributed by atoms with Gasteiger partial charge in [0.1, 0.15) is 29.0 Å². The lowest BCUT2D eigenvalue weighted by atomic mass is 10.0. The van der Waals surface area contributed by atoms with Crippen molar-refractivity contribution in [1.82, 2.24) is 14.9 Å². The van der Waals surface area contributed by atoms with E-state index in [1.165, 1.54) is 6.33 Å². The lowest BCUT2D eigenvalue weighted by molar-refractivity contribution is 0.0678. The summed E-state index contributed by atoms with van der Waals surface area (Å²) in [4.78, 5) is 22.9. The molecule has 120 valence electrons. The van der Waals surface area contributed by atoms with E-state index in [9.17, 15) is 4.79 Å². The molecule has 2 aromatic rings. The molecule has 23 heavy (non-hydrogen) atoms. The van der Waals surface area contributed by atoms with Crippen LogP contribution >= 0.6 is 11.6 Å². The number of benzene rings is 1. The highest BCUT2D eigenvalue weighted by molar-refractivity contribution is 6.33. The van der Waals surface area contributed by atoms with Crippen molar-refractivity contribution in [1.29, 1.82) is 0 Å². The Morgan fingerprint density at radius 1 is 1.35 bits per heavy atom. The molecule has 2 heterocycles. The molecule has 3 rings (SSSR count). The number of halogens is 1. The summed E-state index contributed by atoms with van der Waals surface area (Å²) in [5, 5.41) is 3.53. The maximum Gasteiger partial charge on any atom is 0.262 e. The summed E-state index contributed by atoms with van der Waals surface area (Å²) in [5.41, 5.74) is 2.54. The van der Waals surface area contributed by atoms with Crippen LogP contribution in [0.3, 0.4) is 0 Å². The van der Waals surface area contributed by atoms with Gasteiger partial charge < -0.3 is 10.2 Å². The third kappa shape index (κ3) is 3.01. The van der Waals surface area contributed by atoms with E-state index in [4.69, 9.17) is 11.6 Å². The van der Waals surface area contributed by atoms with Gasteiger partial charge in [-0.05, 0) is 18.9 Å². The number of hydrogen-bond acceptors (Lipinski definition) is 4. The normalized spacial score (nSPS) is 16.9. The molecule has 0 radical (unpaired) electrons. The molecule has 1 aromatic heterocycles. The van der Waals surface area contributed by atoms with Gasteiger partial charge in [0.2, 0.25) is 0 Å². The summed E-state index contributed by atoms with van der Waals surface area (Å²) < 4.78 is 0. The minimum absolute atomic E-state index is 0.121. The Kier molecular flexibility index (Phi) is 4.48. The number of fused-ring (bicyclic) bond motifs is 1. The topological polar surface area (TPSA) is 58.1 Å². The first-order chi connectivity index (χ1) is 11.1. The minimum Gasteiger partial charge on any atom is -0.345 e. The highest BCUT2D eigenvalue weighted by atomic mass is 35.5. The average molecular weight is 331 g/mol. The molecule has 1 aliphatic rings. The number of unbranched alkanes of at least 4 members (excludes halogenated alkanes) is 1. The Morgan fingerprint density at radius 3 is 2.91 bits per heavy atom.